The highest BCUT2D eigenvalue weighted by molar-refractivity contribution is 7.10. The molecule has 0 aliphatic carbocycles. The van der Waals surface area contributed by atoms with Gasteiger partial charge < -0.3 is 4.74 Å². The minimum atomic E-state index is -0.180. The molecule has 0 atom stereocenters. The Morgan fingerprint density at radius 2 is 2.54 bits per heavy atom. The maximum absolute atomic E-state index is 10.8. The number of halogens is 1. The minimum Gasteiger partial charge on any atom is -0.465 e. The predicted octanol–water partition coefficient (Wildman–Crippen LogP) is 2.29. The third-order valence-corrected chi connectivity index (χ3v) is 2.80. The number of hydrogen-bond acceptors (Lipinski definition) is 4. The summed E-state index contributed by atoms with van der Waals surface area (Å²) in [6, 6.07) is 0. The van der Waals surface area contributed by atoms with E-state index < -0.39 is 0 Å². The zero-order valence-corrected chi connectivity index (χ0v) is 8.82. The number of carbonyl (C=O) groups excluding carboxylic acids is 1. The van der Waals surface area contributed by atoms with Gasteiger partial charge in [-0.2, -0.15) is 0 Å². The summed E-state index contributed by atoms with van der Waals surface area (Å²) in [5.74, 6) is -0.180. The Balaban J connectivity index is 2.28. The SMILES string of the molecule is CCC(=O)OCCc1scnc1Cl. The van der Waals surface area contributed by atoms with Gasteiger partial charge in [-0.3, -0.25) is 4.79 Å². The first kappa shape index (κ1) is 10.5. The van der Waals surface area contributed by atoms with Crippen molar-refractivity contribution in [3.63, 3.8) is 0 Å². The van der Waals surface area contributed by atoms with Crippen molar-refractivity contribution in [2.75, 3.05) is 6.61 Å². The van der Waals surface area contributed by atoms with Gasteiger partial charge in [0.15, 0.2) is 0 Å². The van der Waals surface area contributed by atoms with Crippen molar-refractivity contribution in [1.29, 1.82) is 0 Å². The smallest absolute Gasteiger partial charge is 0.305 e. The fourth-order valence-corrected chi connectivity index (χ4v) is 1.75. The first-order chi connectivity index (χ1) is 6.24. The van der Waals surface area contributed by atoms with Gasteiger partial charge in [-0.25, -0.2) is 4.98 Å². The molecule has 0 aliphatic rings. The molecule has 5 heteroatoms. The average Bonchev–Trinajstić information content (AvgIpc) is 2.52. The molecule has 1 aromatic heterocycles. The summed E-state index contributed by atoms with van der Waals surface area (Å²) in [5, 5.41) is 0.512. The quantitative estimate of drug-likeness (QED) is 0.730. The molecule has 0 aromatic carbocycles. The van der Waals surface area contributed by atoms with Crippen molar-refractivity contribution >= 4 is 28.9 Å². The van der Waals surface area contributed by atoms with E-state index in [1.165, 1.54) is 11.3 Å². The summed E-state index contributed by atoms with van der Waals surface area (Å²) < 4.78 is 4.90. The van der Waals surface area contributed by atoms with E-state index in [-0.39, 0.29) is 5.97 Å². The molecular weight excluding hydrogens is 210 g/mol. The van der Waals surface area contributed by atoms with E-state index in [4.69, 9.17) is 16.3 Å². The molecule has 1 heterocycles. The fraction of sp³-hybridized carbons (Fsp3) is 0.500. The summed E-state index contributed by atoms with van der Waals surface area (Å²) in [6.07, 6.45) is 1.06. The number of esters is 1. The van der Waals surface area contributed by atoms with Crippen LogP contribution in [0.15, 0.2) is 5.51 Å². The lowest BCUT2D eigenvalue weighted by Gasteiger charge is -2.00. The minimum absolute atomic E-state index is 0.180. The summed E-state index contributed by atoms with van der Waals surface area (Å²) in [4.78, 5) is 15.6. The molecule has 1 aromatic rings. The molecule has 0 saturated heterocycles. The van der Waals surface area contributed by atoms with Gasteiger partial charge in [0.1, 0.15) is 5.15 Å². The Kier molecular flexibility index (Phi) is 4.18. The molecule has 0 bridgehead atoms. The van der Waals surface area contributed by atoms with Crippen LogP contribution in [0.4, 0.5) is 0 Å². The van der Waals surface area contributed by atoms with E-state index in [0.29, 0.717) is 24.6 Å². The van der Waals surface area contributed by atoms with E-state index in [1.807, 2.05) is 0 Å². The number of rotatable bonds is 4. The lowest BCUT2D eigenvalue weighted by molar-refractivity contribution is -0.143. The molecule has 0 unspecified atom stereocenters. The summed E-state index contributed by atoms with van der Waals surface area (Å²) in [6.45, 7) is 2.15. The van der Waals surface area contributed by atoms with Gasteiger partial charge in [0.05, 0.1) is 12.1 Å². The van der Waals surface area contributed by atoms with Crippen LogP contribution in [0.3, 0.4) is 0 Å². The summed E-state index contributed by atoms with van der Waals surface area (Å²) in [5.41, 5.74) is 1.68. The third kappa shape index (κ3) is 3.32. The lowest BCUT2D eigenvalue weighted by Crippen LogP contribution is -2.05. The monoisotopic (exact) mass is 219 g/mol. The number of carbonyl (C=O) groups is 1. The van der Waals surface area contributed by atoms with Gasteiger partial charge in [0, 0.05) is 17.7 Å². The molecule has 3 nitrogen and oxygen atoms in total. The highest BCUT2D eigenvalue weighted by atomic mass is 35.5. The fourth-order valence-electron chi connectivity index (χ4n) is 0.779. The van der Waals surface area contributed by atoms with Gasteiger partial charge in [0.25, 0.3) is 0 Å². The van der Waals surface area contributed by atoms with Gasteiger partial charge in [-0.05, 0) is 0 Å². The molecule has 0 fully saturated rings. The normalized spacial score (nSPS) is 10.0. The van der Waals surface area contributed by atoms with Crippen LogP contribution in [-0.2, 0) is 16.0 Å². The molecule has 1 rings (SSSR count). The molecule has 0 saturated carbocycles. The second kappa shape index (κ2) is 5.19. The first-order valence-electron chi connectivity index (χ1n) is 3.97. The molecule has 0 radical (unpaired) electrons. The van der Waals surface area contributed by atoms with Crippen molar-refractivity contribution in [3.05, 3.63) is 15.5 Å². The number of nitrogens with zero attached hydrogens (tertiary/aromatic N) is 1. The summed E-state index contributed by atoms with van der Waals surface area (Å²) >= 11 is 7.22. The number of thiazole rings is 1. The van der Waals surface area contributed by atoms with Crippen molar-refractivity contribution in [2.45, 2.75) is 19.8 Å². The lowest BCUT2D eigenvalue weighted by atomic mass is 10.4. The predicted molar refractivity (Wildman–Crippen MR) is 52.1 cm³/mol. The molecule has 0 amide bonds. The molecular formula is C8H10ClNO2S. The van der Waals surface area contributed by atoms with Crippen LogP contribution < -0.4 is 0 Å². The molecule has 72 valence electrons. The number of ether oxygens (including phenoxy) is 1. The Labute approximate surface area is 85.7 Å². The van der Waals surface area contributed by atoms with E-state index in [9.17, 15) is 4.79 Å². The van der Waals surface area contributed by atoms with Crippen LogP contribution in [0.2, 0.25) is 5.15 Å². The van der Waals surface area contributed by atoms with Crippen LogP contribution in [0, 0.1) is 0 Å². The van der Waals surface area contributed by atoms with Crippen LogP contribution in [-0.4, -0.2) is 17.6 Å². The van der Waals surface area contributed by atoms with E-state index >= 15 is 0 Å². The van der Waals surface area contributed by atoms with Crippen LogP contribution >= 0.6 is 22.9 Å². The van der Waals surface area contributed by atoms with E-state index in [1.54, 1.807) is 12.4 Å². The highest BCUT2D eigenvalue weighted by Crippen LogP contribution is 2.18. The van der Waals surface area contributed by atoms with Gasteiger partial charge in [-0.1, -0.05) is 18.5 Å². The van der Waals surface area contributed by atoms with E-state index in [2.05, 4.69) is 4.98 Å². The van der Waals surface area contributed by atoms with Gasteiger partial charge >= 0.3 is 5.97 Å². The molecule has 0 N–H and O–H groups in total. The molecule has 0 aliphatic heterocycles. The Hall–Kier alpha value is -0.610. The second-order valence-electron chi connectivity index (χ2n) is 2.39. The van der Waals surface area contributed by atoms with Crippen molar-refractivity contribution < 1.29 is 9.53 Å². The zero-order valence-electron chi connectivity index (χ0n) is 7.25. The maximum atomic E-state index is 10.8. The second-order valence-corrected chi connectivity index (χ2v) is 3.69. The zero-order chi connectivity index (χ0) is 9.68. The third-order valence-electron chi connectivity index (χ3n) is 1.47. The number of aromatic nitrogens is 1. The van der Waals surface area contributed by atoms with Crippen molar-refractivity contribution in [1.82, 2.24) is 4.98 Å². The number of hydrogen-bond donors (Lipinski definition) is 0. The van der Waals surface area contributed by atoms with Crippen molar-refractivity contribution in [3.8, 4) is 0 Å². The Morgan fingerprint density at radius 1 is 1.77 bits per heavy atom. The van der Waals surface area contributed by atoms with Crippen molar-refractivity contribution in [2.24, 2.45) is 0 Å². The first-order valence-corrected chi connectivity index (χ1v) is 5.23. The van der Waals surface area contributed by atoms with Gasteiger partial charge in [-0.15, -0.1) is 11.3 Å². The maximum Gasteiger partial charge on any atom is 0.305 e. The largest absolute Gasteiger partial charge is 0.465 e. The Morgan fingerprint density at radius 3 is 3.08 bits per heavy atom. The highest BCUT2D eigenvalue weighted by Gasteiger charge is 2.04. The van der Waals surface area contributed by atoms with Crippen LogP contribution in [0.5, 0.6) is 0 Å². The molecule has 0 spiro atoms. The topological polar surface area (TPSA) is 39.2 Å². The Bertz CT molecular complexity index is 287. The molecule has 13 heavy (non-hydrogen) atoms. The standard InChI is InChI=1S/C8H10ClNO2S/c1-2-7(11)12-4-3-6-8(9)10-5-13-6/h5H,2-4H2,1H3. The van der Waals surface area contributed by atoms with Crippen LogP contribution in [0.25, 0.3) is 0 Å². The average molecular weight is 220 g/mol. The summed E-state index contributed by atoms with van der Waals surface area (Å²) in [7, 11) is 0. The van der Waals surface area contributed by atoms with E-state index in [0.717, 1.165) is 4.88 Å². The van der Waals surface area contributed by atoms with Crippen LogP contribution in [0.1, 0.15) is 18.2 Å². The van der Waals surface area contributed by atoms with Gasteiger partial charge in [0.2, 0.25) is 0 Å².